The summed E-state index contributed by atoms with van der Waals surface area (Å²) in [7, 11) is 0. The lowest BCUT2D eigenvalue weighted by Gasteiger charge is -2.37. The number of carbonyl (C=O) groups excluding carboxylic acids is 1. The molecule has 0 saturated carbocycles. The van der Waals surface area contributed by atoms with E-state index in [0.29, 0.717) is 4.88 Å². The summed E-state index contributed by atoms with van der Waals surface area (Å²) in [5.74, 6) is -0.186. The fourth-order valence-electron chi connectivity index (χ4n) is 1.86. The van der Waals surface area contributed by atoms with Gasteiger partial charge in [0.05, 0.1) is 21.5 Å². The number of aliphatic hydroxyl groups is 1. The molecular formula is C14H17N3O2S2. The molecule has 0 bridgehead atoms. The Morgan fingerprint density at radius 1 is 1.38 bits per heavy atom. The lowest BCUT2D eigenvalue weighted by molar-refractivity contribution is -0.00284. The number of rotatable bonds is 3. The number of fused-ring (bicyclic) bond motifs is 3. The third kappa shape index (κ3) is 2.35. The van der Waals surface area contributed by atoms with E-state index in [9.17, 15) is 9.90 Å². The van der Waals surface area contributed by atoms with E-state index in [1.807, 2.05) is 35.9 Å². The van der Waals surface area contributed by atoms with Gasteiger partial charge in [-0.2, -0.15) is 0 Å². The Kier molecular flexibility index (Phi) is 3.12. The summed E-state index contributed by atoms with van der Waals surface area (Å²) < 4.78 is 1.98. The molecule has 0 aliphatic rings. The van der Waals surface area contributed by atoms with Crippen molar-refractivity contribution in [2.45, 2.75) is 38.8 Å². The van der Waals surface area contributed by atoms with E-state index in [4.69, 9.17) is 0 Å². The van der Waals surface area contributed by atoms with Crippen LogP contribution in [-0.4, -0.2) is 31.5 Å². The zero-order valence-corrected chi connectivity index (χ0v) is 13.9. The summed E-state index contributed by atoms with van der Waals surface area (Å²) in [5.41, 5.74) is -0.791. The molecule has 0 unspecified atom stereocenters. The molecule has 0 saturated heterocycles. The zero-order chi connectivity index (χ0) is 15.4. The first-order valence-corrected chi connectivity index (χ1v) is 8.29. The van der Waals surface area contributed by atoms with Crippen molar-refractivity contribution in [3.8, 4) is 0 Å². The second-order valence-corrected chi connectivity index (χ2v) is 8.01. The fourth-order valence-corrected chi connectivity index (χ4v) is 3.55. The topological polar surface area (TPSA) is 66.6 Å². The second kappa shape index (κ2) is 4.53. The highest BCUT2D eigenvalue weighted by atomic mass is 32.1. The average Bonchev–Trinajstić information content (AvgIpc) is 2.96. The van der Waals surface area contributed by atoms with Crippen LogP contribution in [0.4, 0.5) is 0 Å². The van der Waals surface area contributed by atoms with Crippen LogP contribution in [0.2, 0.25) is 0 Å². The third-order valence-corrected chi connectivity index (χ3v) is 5.69. The first kappa shape index (κ1) is 14.5. The molecule has 3 rings (SSSR count). The van der Waals surface area contributed by atoms with Gasteiger partial charge in [-0.15, -0.1) is 22.7 Å². The van der Waals surface area contributed by atoms with Crippen LogP contribution >= 0.6 is 22.7 Å². The second-order valence-electron chi connectivity index (χ2n) is 6.11. The van der Waals surface area contributed by atoms with Gasteiger partial charge in [-0.25, -0.2) is 4.98 Å². The third-order valence-electron chi connectivity index (χ3n) is 3.92. The molecule has 0 aromatic carbocycles. The van der Waals surface area contributed by atoms with Crippen molar-refractivity contribution in [1.82, 2.24) is 14.7 Å². The lowest BCUT2D eigenvalue weighted by Crippen LogP contribution is -2.57. The van der Waals surface area contributed by atoms with Gasteiger partial charge in [0.1, 0.15) is 4.83 Å². The van der Waals surface area contributed by atoms with Crippen LogP contribution in [0.5, 0.6) is 0 Å². The minimum atomic E-state index is -1.01. The summed E-state index contributed by atoms with van der Waals surface area (Å²) in [6, 6.07) is 1.85. The van der Waals surface area contributed by atoms with Crippen LogP contribution < -0.4 is 5.32 Å². The van der Waals surface area contributed by atoms with E-state index >= 15 is 0 Å². The van der Waals surface area contributed by atoms with E-state index < -0.39 is 11.1 Å². The van der Waals surface area contributed by atoms with Crippen LogP contribution in [-0.2, 0) is 0 Å². The maximum atomic E-state index is 12.4. The smallest absolute Gasteiger partial charge is 0.262 e. The number of thiophene rings is 1. The van der Waals surface area contributed by atoms with Gasteiger partial charge in [0.2, 0.25) is 0 Å². The standard InChI is InChI=1S/C14H17N3O2S2/c1-13(2,14(3,4)19)16-10(18)9-7-8-11(21-9)15-12-17(8)5-6-20-12/h5-7,19H,1-4H3,(H,16,18). The number of imidazole rings is 1. The lowest BCUT2D eigenvalue weighted by atomic mass is 9.86. The van der Waals surface area contributed by atoms with Crippen molar-refractivity contribution < 1.29 is 9.90 Å². The molecular weight excluding hydrogens is 306 g/mol. The molecule has 3 heterocycles. The van der Waals surface area contributed by atoms with Crippen LogP contribution in [0.25, 0.3) is 15.3 Å². The number of nitrogens with one attached hydrogen (secondary N) is 1. The minimum absolute atomic E-state index is 0.186. The minimum Gasteiger partial charge on any atom is -0.388 e. The van der Waals surface area contributed by atoms with Crippen molar-refractivity contribution >= 4 is 43.9 Å². The van der Waals surface area contributed by atoms with Gasteiger partial charge in [-0.3, -0.25) is 9.20 Å². The number of aromatic nitrogens is 2. The highest BCUT2D eigenvalue weighted by Crippen LogP contribution is 2.29. The molecule has 2 N–H and O–H groups in total. The van der Waals surface area contributed by atoms with Gasteiger partial charge in [-0.1, -0.05) is 0 Å². The maximum Gasteiger partial charge on any atom is 0.262 e. The molecule has 7 heteroatoms. The molecule has 0 radical (unpaired) electrons. The normalized spacial score (nSPS) is 13.2. The summed E-state index contributed by atoms with van der Waals surface area (Å²) in [6.45, 7) is 6.99. The summed E-state index contributed by atoms with van der Waals surface area (Å²) in [5, 5.41) is 15.0. The largest absolute Gasteiger partial charge is 0.388 e. The first-order chi connectivity index (χ1) is 9.69. The van der Waals surface area contributed by atoms with Crippen molar-refractivity contribution in [2.24, 2.45) is 0 Å². The SMILES string of the molecule is CC(C)(O)C(C)(C)NC(=O)c1cc2c(nc3sccn32)s1. The van der Waals surface area contributed by atoms with Crippen molar-refractivity contribution in [3.63, 3.8) is 0 Å². The molecule has 0 atom stereocenters. The first-order valence-electron chi connectivity index (χ1n) is 6.59. The maximum absolute atomic E-state index is 12.4. The molecule has 3 aromatic rings. The van der Waals surface area contributed by atoms with Crippen molar-refractivity contribution in [2.75, 3.05) is 0 Å². The molecule has 5 nitrogen and oxygen atoms in total. The van der Waals surface area contributed by atoms with Crippen LogP contribution in [0.3, 0.4) is 0 Å². The van der Waals surface area contributed by atoms with Gasteiger partial charge in [0.15, 0.2) is 4.96 Å². The predicted molar refractivity (Wildman–Crippen MR) is 86.3 cm³/mol. The molecule has 0 spiro atoms. The zero-order valence-electron chi connectivity index (χ0n) is 12.3. The Bertz CT molecular complexity index is 820. The molecule has 3 aromatic heterocycles. The Balaban J connectivity index is 1.93. The van der Waals surface area contributed by atoms with Crippen LogP contribution in [0.1, 0.15) is 37.4 Å². The Hall–Kier alpha value is -1.44. The summed E-state index contributed by atoms with van der Waals surface area (Å²) >= 11 is 2.94. The van der Waals surface area contributed by atoms with Gasteiger partial charge in [0, 0.05) is 11.6 Å². The van der Waals surface area contributed by atoms with Crippen molar-refractivity contribution in [1.29, 1.82) is 0 Å². The molecule has 21 heavy (non-hydrogen) atoms. The summed E-state index contributed by atoms with van der Waals surface area (Å²) in [4.78, 5) is 19.3. The van der Waals surface area contributed by atoms with Gasteiger partial charge >= 0.3 is 0 Å². The summed E-state index contributed by atoms with van der Waals surface area (Å²) in [6.07, 6.45) is 1.95. The molecule has 0 aliphatic heterocycles. The number of nitrogens with zero attached hydrogens (tertiary/aromatic N) is 2. The van der Waals surface area contributed by atoms with Crippen molar-refractivity contribution in [3.05, 3.63) is 22.5 Å². The molecule has 0 fully saturated rings. The van der Waals surface area contributed by atoms with E-state index in [1.165, 1.54) is 11.3 Å². The molecule has 0 aliphatic carbocycles. The Morgan fingerprint density at radius 3 is 2.76 bits per heavy atom. The monoisotopic (exact) mass is 323 g/mol. The van der Waals surface area contributed by atoms with E-state index in [1.54, 1.807) is 25.2 Å². The van der Waals surface area contributed by atoms with Gasteiger partial charge < -0.3 is 10.4 Å². The Labute approximate surface area is 130 Å². The fraction of sp³-hybridized carbons (Fsp3) is 0.429. The van der Waals surface area contributed by atoms with E-state index in [0.717, 1.165) is 15.3 Å². The highest BCUT2D eigenvalue weighted by molar-refractivity contribution is 7.21. The van der Waals surface area contributed by atoms with Crippen LogP contribution in [0.15, 0.2) is 17.6 Å². The molecule has 112 valence electrons. The number of carbonyl (C=O) groups is 1. The predicted octanol–water partition coefficient (Wildman–Crippen LogP) is 2.89. The van der Waals surface area contributed by atoms with Gasteiger partial charge in [0.25, 0.3) is 5.91 Å². The number of hydrogen-bond acceptors (Lipinski definition) is 5. The van der Waals surface area contributed by atoms with E-state index in [2.05, 4.69) is 10.3 Å². The highest BCUT2D eigenvalue weighted by Gasteiger charge is 2.36. The average molecular weight is 323 g/mol. The van der Waals surface area contributed by atoms with Crippen LogP contribution in [0, 0.1) is 0 Å². The van der Waals surface area contributed by atoms with E-state index in [-0.39, 0.29) is 5.91 Å². The number of thiazole rings is 1. The Morgan fingerprint density at radius 2 is 2.10 bits per heavy atom. The number of amides is 1. The number of hydrogen-bond donors (Lipinski definition) is 2. The molecule has 1 amide bonds. The quantitative estimate of drug-likeness (QED) is 0.779. The van der Waals surface area contributed by atoms with Gasteiger partial charge in [-0.05, 0) is 33.8 Å².